The Morgan fingerprint density at radius 2 is 1.79 bits per heavy atom. The van der Waals surface area contributed by atoms with E-state index in [4.69, 9.17) is 11.6 Å². The SMILES string of the molecule is Cc1ccc(F)c(C(O)Cc2cc(Cl)ccc2F)c1. The summed E-state index contributed by atoms with van der Waals surface area (Å²) in [4.78, 5) is 0. The minimum atomic E-state index is -1.10. The van der Waals surface area contributed by atoms with Crippen molar-refractivity contribution in [3.63, 3.8) is 0 Å². The molecule has 0 spiro atoms. The van der Waals surface area contributed by atoms with Crippen LogP contribution in [0.25, 0.3) is 0 Å². The third kappa shape index (κ3) is 3.31. The summed E-state index contributed by atoms with van der Waals surface area (Å²) < 4.78 is 27.2. The number of hydrogen-bond donors (Lipinski definition) is 1. The van der Waals surface area contributed by atoms with Crippen LogP contribution in [-0.2, 0) is 6.42 Å². The molecule has 0 saturated heterocycles. The van der Waals surface area contributed by atoms with Crippen LogP contribution in [0.4, 0.5) is 8.78 Å². The summed E-state index contributed by atoms with van der Waals surface area (Å²) in [6, 6.07) is 8.57. The van der Waals surface area contributed by atoms with Crippen molar-refractivity contribution in [1.82, 2.24) is 0 Å². The van der Waals surface area contributed by atoms with E-state index in [9.17, 15) is 13.9 Å². The fraction of sp³-hybridized carbons (Fsp3) is 0.200. The predicted molar refractivity (Wildman–Crippen MR) is 71.2 cm³/mol. The van der Waals surface area contributed by atoms with Gasteiger partial charge in [-0.1, -0.05) is 29.3 Å². The summed E-state index contributed by atoms with van der Waals surface area (Å²) in [5.41, 5.74) is 1.27. The van der Waals surface area contributed by atoms with Crippen LogP contribution in [-0.4, -0.2) is 5.11 Å². The lowest BCUT2D eigenvalue weighted by atomic mass is 9.99. The van der Waals surface area contributed by atoms with E-state index in [2.05, 4.69) is 0 Å². The first-order chi connectivity index (χ1) is 8.97. The van der Waals surface area contributed by atoms with Crippen molar-refractivity contribution in [2.24, 2.45) is 0 Å². The van der Waals surface area contributed by atoms with Crippen molar-refractivity contribution in [2.45, 2.75) is 19.4 Å². The molecule has 2 rings (SSSR count). The van der Waals surface area contributed by atoms with Gasteiger partial charge < -0.3 is 5.11 Å². The number of benzene rings is 2. The van der Waals surface area contributed by atoms with Gasteiger partial charge in [0.2, 0.25) is 0 Å². The van der Waals surface area contributed by atoms with Crippen molar-refractivity contribution < 1.29 is 13.9 Å². The molecule has 0 saturated carbocycles. The number of aliphatic hydroxyl groups is 1. The van der Waals surface area contributed by atoms with Gasteiger partial charge in [-0.25, -0.2) is 8.78 Å². The standard InChI is InChI=1S/C15H13ClF2O/c1-9-2-4-14(18)12(6-9)15(19)8-10-7-11(16)3-5-13(10)17/h2-7,15,19H,8H2,1H3. The van der Waals surface area contributed by atoms with Gasteiger partial charge in [0.15, 0.2) is 0 Å². The lowest BCUT2D eigenvalue weighted by Crippen LogP contribution is -2.06. The highest BCUT2D eigenvalue weighted by atomic mass is 35.5. The summed E-state index contributed by atoms with van der Waals surface area (Å²) in [6.07, 6.45) is -1.12. The van der Waals surface area contributed by atoms with Crippen molar-refractivity contribution in [2.75, 3.05) is 0 Å². The Kier molecular flexibility index (Phi) is 4.17. The highest BCUT2D eigenvalue weighted by Crippen LogP contribution is 2.25. The molecular formula is C15H13ClF2O. The van der Waals surface area contributed by atoms with E-state index in [0.717, 1.165) is 5.56 Å². The topological polar surface area (TPSA) is 20.2 Å². The van der Waals surface area contributed by atoms with Crippen LogP contribution in [0.1, 0.15) is 22.8 Å². The third-order valence-electron chi connectivity index (χ3n) is 2.93. The van der Waals surface area contributed by atoms with Gasteiger partial charge in [-0.05, 0) is 36.8 Å². The lowest BCUT2D eigenvalue weighted by Gasteiger charge is -2.13. The molecule has 4 heteroatoms. The zero-order valence-electron chi connectivity index (χ0n) is 10.3. The molecule has 0 radical (unpaired) electrons. The molecule has 19 heavy (non-hydrogen) atoms. The molecule has 0 aliphatic heterocycles. The Balaban J connectivity index is 2.27. The van der Waals surface area contributed by atoms with Crippen LogP contribution in [0.3, 0.4) is 0 Å². The molecule has 0 heterocycles. The van der Waals surface area contributed by atoms with E-state index in [-0.39, 0.29) is 17.5 Å². The number of aryl methyl sites for hydroxylation is 1. The van der Waals surface area contributed by atoms with Crippen LogP contribution in [0.2, 0.25) is 5.02 Å². The van der Waals surface area contributed by atoms with Crippen LogP contribution in [0.15, 0.2) is 36.4 Å². The second-order valence-corrected chi connectivity index (χ2v) is 4.92. The highest BCUT2D eigenvalue weighted by molar-refractivity contribution is 6.30. The maximum atomic E-state index is 13.6. The molecule has 0 aromatic heterocycles. The Morgan fingerprint density at radius 1 is 1.11 bits per heavy atom. The zero-order valence-corrected chi connectivity index (χ0v) is 11.1. The molecule has 1 atom stereocenters. The molecule has 1 nitrogen and oxygen atoms in total. The molecule has 0 aliphatic carbocycles. The Morgan fingerprint density at radius 3 is 2.53 bits per heavy atom. The first-order valence-corrected chi connectivity index (χ1v) is 6.23. The van der Waals surface area contributed by atoms with E-state index in [1.807, 2.05) is 0 Å². The lowest BCUT2D eigenvalue weighted by molar-refractivity contribution is 0.172. The summed E-state index contributed by atoms with van der Waals surface area (Å²) in [7, 11) is 0. The zero-order chi connectivity index (χ0) is 14.0. The van der Waals surface area contributed by atoms with Gasteiger partial charge in [0.25, 0.3) is 0 Å². The summed E-state index contributed by atoms with van der Waals surface area (Å²) in [6.45, 7) is 1.80. The fourth-order valence-corrected chi connectivity index (χ4v) is 2.13. The van der Waals surface area contributed by atoms with E-state index < -0.39 is 17.7 Å². The fourth-order valence-electron chi connectivity index (χ4n) is 1.94. The average Bonchev–Trinajstić information content (AvgIpc) is 2.36. The Labute approximate surface area is 115 Å². The molecule has 2 aromatic carbocycles. The molecule has 0 fully saturated rings. The first kappa shape index (κ1) is 14.0. The van der Waals surface area contributed by atoms with Crippen LogP contribution >= 0.6 is 11.6 Å². The highest BCUT2D eigenvalue weighted by Gasteiger charge is 2.16. The molecule has 0 amide bonds. The monoisotopic (exact) mass is 282 g/mol. The van der Waals surface area contributed by atoms with Crippen molar-refractivity contribution in [1.29, 1.82) is 0 Å². The van der Waals surface area contributed by atoms with Gasteiger partial charge in [-0.15, -0.1) is 0 Å². The van der Waals surface area contributed by atoms with Crippen molar-refractivity contribution in [3.05, 3.63) is 69.7 Å². The first-order valence-electron chi connectivity index (χ1n) is 5.85. The number of hydrogen-bond acceptors (Lipinski definition) is 1. The molecule has 2 aromatic rings. The summed E-state index contributed by atoms with van der Waals surface area (Å²) in [5, 5.41) is 10.4. The minimum absolute atomic E-state index is 0.0211. The van der Waals surface area contributed by atoms with Crippen LogP contribution in [0, 0.1) is 18.6 Å². The molecule has 1 N–H and O–H groups in total. The van der Waals surface area contributed by atoms with Gasteiger partial charge >= 0.3 is 0 Å². The van der Waals surface area contributed by atoms with E-state index in [1.54, 1.807) is 19.1 Å². The van der Waals surface area contributed by atoms with Gasteiger partial charge in [0, 0.05) is 17.0 Å². The Hall–Kier alpha value is -1.45. The molecule has 100 valence electrons. The second kappa shape index (κ2) is 5.68. The van der Waals surface area contributed by atoms with Gasteiger partial charge in [0.1, 0.15) is 11.6 Å². The number of aliphatic hydroxyl groups excluding tert-OH is 1. The summed E-state index contributed by atoms with van der Waals surface area (Å²) in [5.74, 6) is -0.961. The summed E-state index contributed by atoms with van der Waals surface area (Å²) >= 11 is 5.78. The number of rotatable bonds is 3. The number of halogens is 3. The van der Waals surface area contributed by atoms with Gasteiger partial charge in [-0.2, -0.15) is 0 Å². The minimum Gasteiger partial charge on any atom is -0.388 e. The van der Waals surface area contributed by atoms with E-state index in [0.29, 0.717) is 5.02 Å². The largest absolute Gasteiger partial charge is 0.388 e. The van der Waals surface area contributed by atoms with E-state index >= 15 is 0 Å². The quantitative estimate of drug-likeness (QED) is 0.894. The second-order valence-electron chi connectivity index (χ2n) is 4.48. The van der Waals surface area contributed by atoms with Gasteiger partial charge in [-0.3, -0.25) is 0 Å². The Bertz CT molecular complexity index is 599. The normalized spacial score (nSPS) is 12.5. The maximum Gasteiger partial charge on any atom is 0.129 e. The van der Waals surface area contributed by atoms with Gasteiger partial charge in [0.05, 0.1) is 6.10 Å². The molecule has 0 aliphatic rings. The van der Waals surface area contributed by atoms with Crippen molar-refractivity contribution in [3.8, 4) is 0 Å². The smallest absolute Gasteiger partial charge is 0.129 e. The molecular weight excluding hydrogens is 270 g/mol. The van der Waals surface area contributed by atoms with Crippen LogP contribution in [0.5, 0.6) is 0 Å². The third-order valence-corrected chi connectivity index (χ3v) is 3.17. The molecule has 0 bridgehead atoms. The van der Waals surface area contributed by atoms with Crippen LogP contribution < -0.4 is 0 Å². The van der Waals surface area contributed by atoms with Crippen molar-refractivity contribution >= 4 is 11.6 Å². The maximum absolute atomic E-state index is 13.6. The molecule has 1 unspecified atom stereocenters. The van der Waals surface area contributed by atoms with E-state index in [1.165, 1.54) is 24.3 Å². The predicted octanol–water partition coefficient (Wildman–Crippen LogP) is 4.20. The average molecular weight is 283 g/mol.